The van der Waals surface area contributed by atoms with Gasteiger partial charge in [-0.05, 0) is 43.0 Å². The highest BCUT2D eigenvalue weighted by Crippen LogP contribution is 2.25. The van der Waals surface area contributed by atoms with E-state index in [4.69, 9.17) is 9.15 Å². The van der Waals surface area contributed by atoms with E-state index >= 15 is 0 Å². The summed E-state index contributed by atoms with van der Waals surface area (Å²) in [5, 5.41) is 3.18. The Bertz CT molecular complexity index is 714. The predicted molar refractivity (Wildman–Crippen MR) is 104 cm³/mol. The van der Waals surface area contributed by atoms with Crippen LogP contribution in [0.4, 0.5) is 0 Å². The lowest BCUT2D eigenvalue weighted by Gasteiger charge is -2.29. The Kier molecular flexibility index (Phi) is 6.61. The molecule has 1 fully saturated rings. The van der Waals surface area contributed by atoms with Gasteiger partial charge in [-0.2, -0.15) is 0 Å². The highest BCUT2D eigenvalue weighted by molar-refractivity contribution is 7.99. The van der Waals surface area contributed by atoms with Crippen molar-refractivity contribution in [2.75, 3.05) is 12.9 Å². The summed E-state index contributed by atoms with van der Waals surface area (Å²) in [4.78, 5) is 16.6. The van der Waals surface area contributed by atoms with Crippen molar-refractivity contribution in [3.05, 3.63) is 36.2 Å². The molecule has 0 radical (unpaired) electrons. The summed E-state index contributed by atoms with van der Waals surface area (Å²) in [5.74, 6) is 3.20. The van der Waals surface area contributed by atoms with Crippen molar-refractivity contribution >= 4 is 17.7 Å². The summed E-state index contributed by atoms with van der Waals surface area (Å²) < 4.78 is 10.7. The third-order valence-corrected chi connectivity index (χ3v) is 5.80. The van der Waals surface area contributed by atoms with Gasteiger partial charge in [0.15, 0.2) is 0 Å². The molecule has 1 heterocycles. The van der Waals surface area contributed by atoms with Crippen LogP contribution in [0.2, 0.25) is 0 Å². The lowest BCUT2D eigenvalue weighted by Crippen LogP contribution is -2.41. The fourth-order valence-electron chi connectivity index (χ4n) is 3.27. The monoisotopic (exact) mass is 374 g/mol. The van der Waals surface area contributed by atoms with E-state index in [0.717, 1.165) is 23.4 Å². The lowest BCUT2D eigenvalue weighted by atomic mass is 9.86. The molecule has 1 aromatic heterocycles. The summed E-state index contributed by atoms with van der Waals surface area (Å²) in [6.45, 7) is 2.23. The second-order valence-corrected chi connectivity index (χ2v) is 7.79. The third-order valence-electron chi connectivity index (χ3n) is 4.83. The number of hydrogen-bond acceptors (Lipinski definition) is 5. The molecule has 1 amide bonds. The van der Waals surface area contributed by atoms with Gasteiger partial charge in [0.05, 0.1) is 18.6 Å². The average molecular weight is 375 g/mol. The Balaban J connectivity index is 1.45. The van der Waals surface area contributed by atoms with Crippen LogP contribution in [0.5, 0.6) is 5.75 Å². The second kappa shape index (κ2) is 9.12. The number of methoxy groups -OCH3 is 1. The highest BCUT2D eigenvalue weighted by Gasteiger charge is 2.22. The molecule has 1 N–H and O–H groups in total. The molecule has 1 saturated carbocycles. The fraction of sp³-hybridized carbons (Fsp3) is 0.500. The van der Waals surface area contributed by atoms with E-state index in [0.29, 0.717) is 29.4 Å². The van der Waals surface area contributed by atoms with Gasteiger partial charge in [-0.25, -0.2) is 4.98 Å². The molecule has 1 aromatic carbocycles. The van der Waals surface area contributed by atoms with E-state index in [1.54, 1.807) is 25.1 Å². The first-order valence-electron chi connectivity index (χ1n) is 9.11. The van der Waals surface area contributed by atoms with Crippen LogP contribution >= 0.6 is 11.8 Å². The number of nitrogens with zero attached hydrogens (tertiary/aromatic N) is 1. The SMILES string of the molecule is COc1ccc(-c2nc(CSCC(=O)N[C@H]3CCCC[C@@H]3C)co2)cc1. The van der Waals surface area contributed by atoms with Gasteiger partial charge in [-0.1, -0.05) is 19.8 Å². The normalized spacial score (nSPS) is 19.9. The van der Waals surface area contributed by atoms with Gasteiger partial charge in [0.25, 0.3) is 0 Å². The summed E-state index contributed by atoms with van der Waals surface area (Å²) in [6, 6.07) is 7.93. The number of amides is 1. The van der Waals surface area contributed by atoms with E-state index < -0.39 is 0 Å². The van der Waals surface area contributed by atoms with Crippen molar-refractivity contribution in [1.29, 1.82) is 0 Å². The zero-order chi connectivity index (χ0) is 18.4. The van der Waals surface area contributed by atoms with Crippen LogP contribution < -0.4 is 10.1 Å². The molecule has 0 bridgehead atoms. The largest absolute Gasteiger partial charge is 0.497 e. The zero-order valence-corrected chi connectivity index (χ0v) is 16.2. The number of aromatic nitrogens is 1. The molecule has 0 saturated heterocycles. The van der Waals surface area contributed by atoms with Crippen LogP contribution in [0, 0.1) is 5.92 Å². The molecule has 5 nitrogen and oxygen atoms in total. The van der Waals surface area contributed by atoms with E-state index in [-0.39, 0.29) is 5.91 Å². The van der Waals surface area contributed by atoms with Crippen molar-refractivity contribution in [2.24, 2.45) is 5.92 Å². The van der Waals surface area contributed by atoms with Crippen LogP contribution in [-0.2, 0) is 10.5 Å². The summed E-state index contributed by atoms with van der Waals surface area (Å²) >= 11 is 1.56. The average Bonchev–Trinajstić information content (AvgIpc) is 3.12. The Morgan fingerprint density at radius 1 is 1.31 bits per heavy atom. The highest BCUT2D eigenvalue weighted by atomic mass is 32.2. The number of oxazole rings is 1. The van der Waals surface area contributed by atoms with Crippen LogP contribution in [0.25, 0.3) is 11.5 Å². The minimum atomic E-state index is 0.118. The number of carbonyl (C=O) groups excluding carboxylic acids is 1. The van der Waals surface area contributed by atoms with Crippen molar-refractivity contribution in [1.82, 2.24) is 10.3 Å². The van der Waals surface area contributed by atoms with E-state index in [1.807, 2.05) is 24.3 Å². The smallest absolute Gasteiger partial charge is 0.230 e. The Hall–Kier alpha value is -1.95. The Morgan fingerprint density at radius 3 is 2.81 bits per heavy atom. The molecule has 0 aliphatic heterocycles. The molecular formula is C20H26N2O3S. The molecule has 0 unspecified atom stereocenters. The maximum absolute atomic E-state index is 12.1. The molecule has 3 rings (SSSR count). The lowest BCUT2D eigenvalue weighted by molar-refractivity contribution is -0.119. The van der Waals surface area contributed by atoms with Crippen molar-refractivity contribution < 1.29 is 13.9 Å². The predicted octanol–water partition coefficient (Wildman–Crippen LogP) is 4.28. The molecule has 2 aromatic rings. The number of ether oxygens (including phenoxy) is 1. The van der Waals surface area contributed by atoms with Crippen molar-refractivity contribution in [2.45, 2.75) is 44.4 Å². The number of nitrogens with one attached hydrogen (secondary N) is 1. The maximum Gasteiger partial charge on any atom is 0.230 e. The van der Waals surface area contributed by atoms with Gasteiger partial charge < -0.3 is 14.5 Å². The molecule has 6 heteroatoms. The first kappa shape index (κ1) is 18.8. The zero-order valence-electron chi connectivity index (χ0n) is 15.4. The summed E-state index contributed by atoms with van der Waals surface area (Å²) in [6.07, 6.45) is 6.48. The van der Waals surface area contributed by atoms with Crippen LogP contribution in [0.3, 0.4) is 0 Å². The number of hydrogen-bond donors (Lipinski definition) is 1. The molecular weight excluding hydrogens is 348 g/mol. The molecule has 1 aliphatic carbocycles. The molecule has 1 aliphatic rings. The van der Waals surface area contributed by atoms with Crippen molar-refractivity contribution in [3.8, 4) is 17.2 Å². The number of carbonyl (C=O) groups is 1. The fourth-order valence-corrected chi connectivity index (χ4v) is 3.98. The quantitative estimate of drug-likeness (QED) is 0.784. The molecule has 2 atom stereocenters. The molecule has 26 heavy (non-hydrogen) atoms. The number of benzene rings is 1. The topological polar surface area (TPSA) is 64.4 Å². The van der Waals surface area contributed by atoms with Crippen LogP contribution in [0.1, 0.15) is 38.3 Å². The standard InChI is InChI=1S/C20H26N2O3S/c1-14-5-3-4-6-18(14)22-19(23)13-26-12-16-11-25-20(21-16)15-7-9-17(24-2)10-8-15/h7-11,14,18H,3-6,12-13H2,1-2H3,(H,22,23)/t14-,18-/m0/s1. The van der Waals surface area contributed by atoms with E-state index in [9.17, 15) is 4.79 Å². The van der Waals surface area contributed by atoms with E-state index in [1.165, 1.54) is 19.3 Å². The number of rotatable bonds is 7. The van der Waals surface area contributed by atoms with Crippen LogP contribution in [-0.4, -0.2) is 29.8 Å². The Labute approximate surface area is 158 Å². The maximum atomic E-state index is 12.1. The molecule has 140 valence electrons. The second-order valence-electron chi connectivity index (χ2n) is 6.80. The first-order chi connectivity index (χ1) is 12.7. The summed E-state index contributed by atoms with van der Waals surface area (Å²) in [5.41, 5.74) is 1.76. The molecule has 0 spiro atoms. The van der Waals surface area contributed by atoms with Gasteiger partial charge in [0.1, 0.15) is 12.0 Å². The van der Waals surface area contributed by atoms with Gasteiger partial charge in [-0.15, -0.1) is 11.8 Å². The summed E-state index contributed by atoms with van der Waals surface area (Å²) in [7, 11) is 1.64. The van der Waals surface area contributed by atoms with Gasteiger partial charge in [0.2, 0.25) is 11.8 Å². The third kappa shape index (κ3) is 5.04. The number of thioether (sulfide) groups is 1. The Morgan fingerprint density at radius 2 is 2.08 bits per heavy atom. The van der Waals surface area contributed by atoms with Crippen LogP contribution in [0.15, 0.2) is 34.9 Å². The van der Waals surface area contributed by atoms with Gasteiger partial charge in [0, 0.05) is 17.4 Å². The van der Waals surface area contributed by atoms with Crippen molar-refractivity contribution in [3.63, 3.8) is 0 Å². The van der Waals surface area contributed by atoms with Gasteiger partial charge in [-0.3, -0.25) is 4.79 Å². The first-order valence-corrected chi connectivity index (χ1v) is 10.3. The van der Waals surface area contributed by atoms with E-state index in [2.05, 4.69) is 17.2 Å². The minimum absolute atomic E-state index is 0.118. The van der Waals surface area contributed by atoms with Gasteiger partial charge >= 0.3 is 0 Å². The minimum Gasteiger partial charge on any atom is -0.497 e.